The zero-order chi connectivity index (χ0) is 35.2. The minimum Gasteiger partial charge on any atom is -0.495 e. The van der Waals surface area contributed by atoms with E-state index in [0.29, 0.717) is 63.9 Å². The molecule has 51 heavy (non-hydrogen) atoms. The minimum absolute atomic E-state index is 0.211. The van der Waals surface area contributed by atoms with Crippen molar-refractivity contribution in [2.24, 2.45) is 0 Å². The third-order valence-corrected chi connectivity index (χ3v) is 8.69. The number of carbonyl (C=O) groups is 3. The largest absolute Gasteiger partial charge is 0.495 e. The Labute approximate surface area is 293 Å². The molecule has 2 N–H and O–H groups in total. The van der Waals surface area contributed by atoms with Gasteiger partial charge in [0.1, 0.15) is 41.3 Å². The number of benzene rings is 1. The Kier molecular flexibility index (Phi) is 10.1. The summed E-state index contributed by atoms with van der Waals surface area (Å²) in [4.78, 5) is 51.8. The number of carbonyl (C=O) groups excluding carboxylic acids is 3. The van der Waals surface area contributed by atoms with Crippen molar-refractivity contribution in [2.75, 3.05) is 52.0 Å². The Balaban J connectivity index is 0.784. The molecule has 1 unspecified atom stereocenters. The molecular weight excluding hydrogens is 654 g/mol. The second-order valence-corrected chi connectivity index (χ2v) is 12.0. The molecular formula is C37H37N7O7. The van der Waals surface area contributed by atoms with Crippen molar-refractivity contribution in [3.63, 3.8) is 0 Å². The standard InChI is InChI=1S/C37H37N7O7/c1-48-28-4-8-34-41-31(23-43(34)22-28)30-6-2-25(20-40-30)24-10-11-38-33(19-24)39-12-13-49-14-15-50-16-17-51-27-3-5-29-26(18-27)21-44(37(29)47)32-7-9-35(45)42-36(32)46/h2-6,8,10-11,18-20,22-23,32H,7,9,12-17,21H2,1H3,(H,38,39)(H,42,45,46). The number of ether oxygens (including phenoxy) is 4. The quantitative estimate of drug-likeness (QED) is 0.122. The van der Waals surface area contributed by atoms with Gasteiger partial charge in [0.25, 0.3) is 5.91 Å². The first-order valence-electron chi connectivity index (χ1n) is 16.7. The van der Waals surface area contributed by atoms with Gasteiger partial charge in [-0.15, -0.1) is 0 Å². The number of anilines is 1. The van der Waals surface area contributed by atoms with Crippen molar-refractivity contribution in [3.8, 4) is 34.0 Å². The van der Waals surface area contributed by atoms with Crippen molar-refractivity contribution in [1.82, 2.24) is 29.6 Å². The van der Waals surface area contributed by atoms with Crippen LogP contribution in [0.15, 0.2) is 79.4 Å². The average Bonchev–Trinajstić information content (AvgIpc) is 3.72. The summed E-state index contributed by atoms with van der Waals surface area (Å²) in [6.07, 6.45) is 7.96. The van der Waals surface area contributed by atoms with Crippen molar-refractivity contribution in [1.29, 1.82) is 0 Å². The van der Waals surface area contributed by atoms with Gasteiger partial charge in [0, 0.05) is 49.2 Å². The number of pyridine rings is 3. The van der Waals surface area contributed by atoms with Crippen LogP contribution in [-0.4, -0.2) is 94.7 Å². The fourth-order valence-electron chi connectivity index (χ4n) is 6.07. The summed E-state index contributed by atoms with van der Waals surface area (Å²) in [6.45, 7) is 2.93. The van der Waals surface area contributed by atoms with Gasteiger partial charge in [-0.25, -0.2) is 9.97 Å². The Hall–Kier alpha value is -5.86. The Morgan fingerprint density at radius 1 is 0.863 bits per heavy atom. The van der Waals surface area contributed by atoms with Crippen molar-refractivity contribution >= 4 is 29.2 Å². The van der Waals surface area contributed by atoms with Gasteiger partial charge in [-0.2, -0.15) is 0 Å². The number of aromatic nitrogens is 4. The van der Waals surface area contributed by atoms with Crippen LogP contribution in [-0.2, 0) is 25.6 Å². The van der Waals surface area contributed by atoms with Crippen LogP contribution in [0, 0.1) is 0 Å². The lowest BCUT2D eigenvalue weighted by Crippen LogP contribution is -2.52. The van der Waals surface area contributed by atoms with E-state index in [1.807, 2.05) is 65.5 Å². The van der Waals surface area contributed by atoms with E-state index < -0.39 is 11.9 Å². The molecule has 3 amide bonds. The van der Waals surface area contributed by atoms with E-state index in [1.165, 1.54) is 4.90 Å². The molecule has 6 heterocycles. The van der Waals surface area contributed by atoms with E-state index in [0.717, 1.165) is 45.3 Å². The second kappa shape index (κ2) is 15.4. The van der Waals surface area contributed by atoms with Crippen LogP contribution in [0.1, 0.15) is 28.8 Å². The first kappa shape index (κ1) is 33.6. The van der Waals surface area contributed by atoms with E-state index in [9.17, 15) is 14.4 Å². The molecule has 14 nitrogen and oxygen atoms in total. The number of nitrogens with one attached hydrogen (secondary N) is 2. The molecule has 14 heteroatoms. The van der Waals surface area contributed by atoms with Gasteiger partial charge < -0.3 is 33.6 Å². The van der Waals surface area contributed by atoms with Gasteiger partial charge in [-0.3, -0.25) is 24.7 Å². The monoisotopic (exact) mass is 691 g/mol. The van der Waals surface area contributed by atoms with Crippen molar-refractivity contribution in [2.45, 2.75) is 25.4 Å². The number of hydrogen-bond acceptors (Lipinski definition) is 11. The highest BCUT2D eigenvalue weighted by Gasteiger charge is 2.39. The SMILES string of the molecule is COc1ccc2nc(-c3ccc(-c4ccnc(NCCOCCOCCOc5ccc6c(c5)CN(C5CCC(=O)NC5=O)C6=O)c4)cn3)cn2c1. The summed E-state index contributed by atoms with van der Waals surface area (Å²) in [5, 5.41) is 5.61. The number of imidazole rings is 1. The van der Waals surface area contributed by atoms with E-state index in [-0.39, 0.29) is 18.2 Å². The smallest absolute Gasteiger partial charge is 0.255 e. The van der Waals surface area contributed by atoms with Crippen LogP contribution in [0.2, 0.25) is 0 Å². The molecule has 1 atom stereocenters. The number of fused-ring (bicyclic) bond motifs is 2. The predicted molar refractivity (Wildman–Crippen MR) is 186 cm³/mol. The highest BCUT2D eigenvalue weighted by atomic mass is 16.5. The van der Waals surface area contributed by atoms with Gasteiger partial charge in [0.05, 0.1) is 45.4 Å². The molecule has 0 radical (unpaired) electrons. The van der Waals surface area contributed by atoms with Gasteiger partial charge in [0.2, 0.25) is 11.8 Å². The Morgan fingerprint density at radius 2 is 1.71 bits per heavy atom. The lowest BCUT2D eigenvalue weighted by Gasteiger charge is -2.29. The molecule has 5 aromatic rings. The summed E-state index contributed by atoms with van der Waals surface area (Å²) in [7, 11) is 1.64. The number of methoxy groups -OCH3 is 1. The third-order valence-electron chi connectivity index (χ3n) is 8.69. The summed E-state index contributed by atoms with van der Waals surface area (Å²) >= 11 is 0. The van der Waals surface area contributed by atoms with Gasteiger partial charge in [-0.1, -0.05) is 6.07 Å². The number of hydrogen-bond donors (Lipinski definition) is 2. The van der Waals surface area contributed by atoms with Crippen LogP contribution in [0.25, 0.3) is 28.2 Å². The summed E-state index contributed by atoms with van der Waals surface area (Å²) in [5.74, 6) is 1.17. The Morgan fingerprint density at radius 3 is 2.53 bits per heavy atom. The van der Waals surface area contributed by atoms with Crippen molar-refractivity contribution < 1.29 is 33.3 Å². The first-order chi connectivity index (χ1) is 24.9. The van der Waals surface area contributed by atoms with Crippen LogP contribution in [0.3, 0.4) is 0 Å². The second-order valence-electron chi connectivity index (χ2n) is 12.0. The van der Waals surface area contributed by atoms with E-state index in [4.69, 9.17) is 18.9 Å². The summed E-state index contributed by atoms with van der Waals surface area (Å²) < 4.78 is 24.4. The number of imide groups is 1. The zero-order valence-corrected chi connectivity index (χ0v) is 28.0. The molecule has 7 rings (SSSR count). The lowest BCUT2D eigenvalue weighted by atomic mass is 10.0. The maximum absolute atomic E-state index is 12.9. The molecule has 0 aliphatic carbocycles. The van der Waals surface area contributed by atoms with Crippen LogP contribution < -0.4 is 20.1 Å². The van der Waals surface area contributed by atoms with E-state index >= 15 is 0 Å². The molecule has 1 saturated heterocycles. The average molecular weight is 692 g/mol. The summed E-state index contributed by atoms with van der Waals surface area (Å²) in [5.41, 5.74) is 5.68. The minimum atomic E-state index is -0.642. The number of amides is 3. The summed E-state index contributed by atoms with van der Waals surface area (Å²) in [6, 6.07) is 16.3. The third kappa shape index (κ3) is 7.82. The predicted octanol–water partition coefficient (Wildman–Crippen LogP) is 3.75. The van der Waals surface area contributed by atoms with Gasteiger partial charge in [-0.05, 0) is 66.1 Å². The number of nitrogens with zero attached hydrogens (tertiary/aromatic N) is 5. The molecule has 4 aromatic heterocycles. The fraction of sp³-hybridized carbons (Fsp3) is 0.297. The topological polar surface area (TPSA) is 159 Å². The van der Waals surface area contributed by atoms with Crippen molar-refractivity contribution in [3.05, 3.63) is 90.5 Å². The maximum Gasteiger partial charge on any atom is 0.255 e. The molecule has 1 aromatic carbocycles. The maximum atomic E-state index is 12.9. The Bertz CT molecular complexity index is 2050. The molecule has 1 fully saturated rings. The van der Waals surface area contributed by atoms with Crippen LogP contribution in [0.5, 0.6) is 11.5 Å². The number of piperidine rings is 1. The van der Waals surface area contributed by atoms with Gasteiger partial charge in [0.15, 0.2) is 0 Å². The molecule has 0 spiro atoms. The van der Waals surface area contributed by atoms with Gasteiger partial charge >= 0.3 is 0 Å². The van der Waals surface area contributed by atoms with Crippen LogP contribution >= 0.6 is 0 Å². The first-order valence-corrected chi connectivity index (χ1v) is 16.7. The van der Waals surface area contributed by atoms with Crippen LogP contribution in [0.4, 0.5) is 5.82 Å². The highest BCUT2D eigenvalue weighted by molar-refractivity contribution is 6.05. The van der Waals surface area contributed by atoms with E-state index in [2.05, 4.69) is 25.6 Å². The number of rotatable bonds is 15. The zero-order valence-electron chi connectivity index (χ0n) is 28.0. The van der Waals surface area contributed by atoms with E-state index in [1.54, 1.807) is 25.4 Å². The normalized spacial score (nSPS) is 15.6. The highest BCUT2D eigenvalue weighted by Crippen LogP contribution is 2.30. The lowest BCUT2D eigenvalue weighted by molar-refractivity contribution is -0.136. The fourth-order valence-corrected chi connectivity index (χ4v) is 6.07. The molecule has 2 aliphatic rings. The molecule has 0 saturated carbocycles. The molecule has 262 valence electrons. The molecule has 2 aliphatic heterocycles. The molecule has 0 bridgehead atoms.